The Morgan fingerprint density at radius 2 is 2.25 bits per heavy atom. The zero-order chi connectivity index (χ0) is 8.77. The molecule has 0 aliphatic carbocycles. The Morgan fingerprint density at radius 3 is 2.92 bits per heavy atom. The molecule has 2 heterocycles. The highest BCUT2D eigenvalue weighted by molar-refractivity contribution is 5.02. The summed E-state index contributed by atoms with van der Waals surface area (Å²) in [5, 5.41) is 9.42. The van der Waals surface area contributed by atoms with E-state index in [-0.39, 0.29) is 17.8 Å². The van der Waals surface area contributed by atoms with Crippen molar-refractivity contribution in [3.63, 3.8) is 0 Å². The van der Waals surface area contributed by atoms with Crippen LogP contribution in [0, 0.1) is 0 Å². The third kappa shape index (κ3) is 0.992. The smallest absolute Gasteiger partial charge is 0.117 e. The minimum absolute atomic E-state index is 0.113. The maximum absolute atomic E-state index is 9.42. The number of rotatable bonds is 1. The van der Waals surface area contributed by atoms with E-state index in [1.807, 2.05) is 6.92 Å². The molecule has 1 N–H and O–H groups in total. The fourth-order valence-corrected chi connectivity index (χ4v) is 1.83. The molecule has 2 aliphatic heterocycles. The first-order valence-corrected chi connectivity index (χ1v) is 4.14. The molecule has 0 amide bonds. The highest BCUT2D eigenvalue weighted by atomic mass is 16.6. The molecule has 0 spiro atoms. The van der Waals surface area contributed by atoms with Crippen LogP contribution in [0.25, 0.3) is 0 Å². The maximum Gasteiger partial charge on any atom is 0.117 e. The molecule has 0 radical (unpaired) electrons. The second-order valence-electron chi connectivity index (χ2n) is 3.61. The van der Waals surface area contributed by atoms with E-state index in [2.05, 4.69) is 0 Å². The number of ether oxygens (including phenoxy) is 3. The van der Waals surface area contributed by atoms with E-state index >= 15 is 0 Å². The molecule has 4 heteroatoms. The van der Waals surface area contributed by atoms with Crippen molar-refractivity contribution in [2.24, 2.45) is 0 Å². The Morgan fingerprint density at radius 1 is 1.50 bits per heavy atom. The molecule has 2 rings (SSSR count). The number of methoxy groups -OCH3 is 1. The molecular weight excluding hydrogens is 160 g/mol. The van der Waals surface area contributed by atoms with Crippen LogP contribution in [0.5, 0.6) is 0 Å². The van der Waals surface area contributed by atoms with Gasteiger partial charge in [-0.25, -0.2) is 0 Å². The zero-order valence-electron chi connectivity index (χ0n) is 7.32. The highest BCUT2D eigenvalue weighted by Crippen LogP contribution is 2.35. The summed E-state index contributed by atoms with van der Waals surface area (Å²) < 4.78 is 16.1. The predicted octanol–water partition coefficient (Wildman–Crippen LogP) is -0.450. The summed E-state index contributed by atoms with van der Waals surface area (Å²) >= 11 is 0. The number of aliphatic hydroxyl groups excluding tert-OH is 1. The molecule has 4 atom stereocenters. The van der Waals surface area contributed by atoms with Crippen LogP contribution in [0.2, 0.25) is 0 Å². The normalized spacial score (nSPS) is 52.8. The summed E-state index contributed by atoms with van der Waals surface area (Å²) in [6.45, 7) is 2.79. The van der Waals surface area contributed by atoms with Crippen LogP contribution in [0.4, 0.5) is 0 Å². The van der Waals surface area contributed by atoms with E-state index in [0.717, 1.165) is 0 Å². The van der Waals surface area contributed by atoms with Gasteiger partial charge in [0.1, 0.15) is 23.9 Å². The first-order valence-electron chi connectivity index (χ1n) is 4.14. The van der Waals surface area contributed by atoms with Crippen molar-refractivity contribution in [2.75, 3.05) is 20.3 Å². The first-order chi connectivity index (χ1) is 5.67. The van der Waals surface area contributed by atoms with Gasteiger partial charge in [-0.1, -0.05) is 0 Å². The number of aliphatic hydroxyl groups is 1. The highest BCUT2D eigenvalue weighted by Gasteiger charge is 2.54. The first kappa shape index (κ1) is 8.44. The van der Waals surface area contributed by atoms with Crippen molar-refractivity contribution in [3.05, 3.63) is 0 Å². The van der Waals surface area contributed by atoms with Crippen molar-refractivity contribution in [1.29, 1.82) is 0 Å². The van der Waals surface area contributed by atoms with Gasteiger partial charge in [-0.05, 0) is 6.92 Å². The van der Waals surface area contributed by atoms with E-state index in [1.54, 1.807) is 7.11 Å². The summed E-state index contributed by atoms with van der Waals surface area (Å²) in [5.74, 6) is 0. The molecule has 2 fully saturated rings. The van der Waals surface area contributed by atoms with Gasteiger partial charge >= 0.3 is 0 Å². The van der Waals surface area contributed by atoms with E-state index in [9.17, 15) is 5.11 Å². The second-order valence-corrected chi connectivity index (χ2v) is 3.61. The average molecular weight is 174 g/mol. The Kier molecular flexibility index (Phi) is 1.88. The molecule has 0 aromatic rings. The van der Waals surface area contributed by atoms with Crippen molar-refractivity contribution in [2.45, 2.75) is 30.8 Å². The van der Waals surface area contributed by atoms with Crippen LogP contribution >= 0.6 is 0 Å². The maximum atomic E-state index is 9.42. The number of hydrogen-bond donors (Lipinski definition) is 1. The minimum Gasteiger partial charge on any atom is -0.388 e. The Balaban J connectivity index is 2.15. The van der Waals surface area contributed by atoms with Crippen molar-refractivity contribution in [3.8, 4) is 0 Å². The molecule has 70 valence electrons. The van der Waals surface area contributed by atoms with Gasteiger partial charge in [-0.2, -0.15) is 0 Å². The fourth-order valence-electron chi connectivity index (χ4n) is 1.83. The van der Waals surface area contributed by atoms with Gasteiger partial charge in [-0.15, -0.1) is 0 Å². The molecule has 0 aromatic carbocycles. The standard InChI is InChI=1S/C8H14O4/c1-8(10-2)4-12-6-5(9)3-11-7(6)8/h5-7,9H,3-4H2,1-2H3/t5-,6+,7-,8+/m0/s1. The molecule has 2 aliphatic rings. The van der Waals surface area contributed by atoms with E-state index in [4.69, 9.17) is 14.2 Å². The SMILES string of the molecule is CO[C@]1(C)CO[C@@H]2[C@@H](O)CO[C@@H]21. The Labute approximate surface area is 71.4 Å². The van der Waals surface area contributed by atoms with E-state index < -0.39 is 6.10 Å². The van der Waals surface area contributed by atoms with Crippen molar-refractivity contribution in [1.82, 2.24) is 0 Å². The van der Waals surface area contributed by atoms with E-state index in [1.165, 1.54) is 0 Å². The van der Waals surface area contributed by atoms with Crippen molar-refractivity contribution < 1.29 is 19.3 Å². The lowest BCUT2D eigenvalue weighted by Crippen LogP contribution is -2.42. The number of fused-ring (bicyclic) bond motifs is 1. The summed E-state index contributed by atoms with van der Waals surface area (Å²) in [6, 6.07) is 0. The van der Waals surface area contributed by atoms with Gasteiger partial charge in [0.15, 0.2) is 0 Å². The van der Waals surface area contributed by atoms with Crippen LogP contribution in [-0.2, 0) is 14.2 Å². The van der Waals surface area contributed by atoms with Crippen LogP contribution in [0.15, 0.2) is 0 Å². The van der Waals surface area contributed by atoms with Gasteiger partial charge in [0.05, 0.1) is 13.2 Å². The van der Waals surface area contributed by atoms with Gasteiger partial charge in [0.2, 0.25) is 0 Å². The molecule has 0 aromatic heterocycles. The van der Waals surface area contributed by atoms with Crippen LogP contribution in [0.1, 0.15) is 6.92 Å². The number of hydrogen-bond acceptors (Lipinski definition) is 4. The molecule has 0 saturated carbocycles. The molecular formula is C8H14O4. The third-order valence-electron chi connectivity index (χ3n) is 2.75. The molecule has 4 nitrogen and oxygen atoms in total. The lowest BCUT2D eigenvalue weighted by molar-refractivity contribution is -0.0826. The largest absolute Gasteiger partial charge is 0.388 e. The van der Waals surface area contributed by atoms with Crippen LogP contribution in [0.3, 0.4) is 0 Å². The van der Waals surface area contributed by atoms with Crippen LogP contribution < -0.4 is 0 Å². The summed E-state index contributed by atoms with van der Waals surface area (Å²) in [4.78, 5) is 0. The molecule has 0 unspecified atom stereocenters. The predicted molar refractivity (Wildman–Crippen MR) is 40.9 cm³/mol. The summed E-state index contributed by atoms with van der Waals surface area (Å²) in [6.07, 6.45) is -0.806. The zero-order valence-corrected chi connectivity index (χ0v) is 7.32. The van der Waals surface area contributed by atoms with Gasteiger partial charge in [0, 0.05) is 7.11 Å². The van der Waals surface area contributed by atoms with Gasteiger partial charge in [0.25, 0.3) is 0 Å². The van der Waals surface area contributed by atoms with Gasteiger partial charge in [-0.3, -0.25) is 0 Å². The monoisotopic (exact) mass is 174 g/mol. The minimum atomic E-state index is -0.494. The quantitative estimate of drug-likeness (QED) is 0.585. The lowest BCUT2D eigenvalue weighted by Gasteiger charge is -2.26. The topological polar surface area (TPSA) is 47.9 Å². The van der Waals surface area contributed by atoms with Crippen molar-refractivity contribution >= 4 is 0 Å². The third-order valence-corrected chi connectivity index (χ3v) is 2.75. The fraction of sp³-hybridized carbons (Fsp3) is 1.00. The molecule has 2 saturated heterocycles. The summed E-state index contributed by atoms with van der Waals surface area (Å²) in [7, 11) is 1.64. The Hall–Kier alpha value is -0.160. The van der Waals surface area contributed by atoms with Gasteiger partial charge < -0.3 is 19.3 Å². The molecule has 12 heavy (non-hydrogen) atoms. The van der Waals surface area contributed by atoms with Crippen LogP contribution in [-0.4, -0.2) is 49.3 Å². The van der Waals surface area contributed by atoms with E-state index in [0.29, 0.717) is 13.2 Å². The summed E-state index contributed by atoms with van der Waals surface area (Å²) in [5.41, 5.74) is -0.387. The second kappa shape index (κ2) is 2.67. The Bertz CT molecular complexity index is 184. The average Bonchev–Trinajstić information content (AvgIpc) is 2.57. The lowest BCUT2D eigenvalue weighted by atomic mass is 9.98. The molecule has 0 bridgehead atoms.